The summed E-state index contributed by atoms with van der Waals surface area (Å²) in [6, 6.07) is 9.43. The zero-order valence-corrected chi connectivity index (χ0v) is 18.6. The molecule has 0 bridgehead atoms. The fourth-order valence-electron chi connectivity index (χ4n) is 2.99. The minimum absolute atomic E-state index is 0.194. The number of nitrogens with one attached hydrogen (secondary N) is 1. The van der Waals surface area contributed by atoms with Crippen molar-refractivity contribution >= 4 is 18.2 Å². The smallest absolute Gasteiger partial charge is 0.166 e. The van der Waals surface area contributed by atoms with Crippen molar-refractivity contribution in [2.24, 2.45) is 9.98 Å². The highest BCUT2D eigenvalue weighted by Gasteiger charge is 2.13. The molecule has 0 spiro atoms. The second-order valence-corrected chi connectivity index (χ2v) is 6.86. The third-order valence-electron chi connectivity index (χ3n) is 4.68. The van der Waals surface area contributed by atoms with Gasteiger partial charge in [0, 0.05) is 17.7 Å². The van der Waals surface area contributed by atoms with E-state index in [-0.39, 0.29) is 5.56 Å². The second kappa shape index (κ2) is 13.2. The number of benzene rings is 2. The van der Waals surface area contributed by atoms with Gasteiger partial charge in [-0.05, 0) is 56.4 Å². The van der Waals surface area contributed by atoms with Gasteiger partial charge in [0.2, 0.25) is 0 Å². The Hall–Kier alpha value is -3.22. The van der Waals surface area contributed by atoms with E-state index >= 15 is 0 Å². The molecule has 2 aromatic rings. The lowest BCUT2D eigenvalue weighted by atomic mass is 9.99. The molecule has 0 aliphatic rings. The van der Waals surface area contributed by atoms with E-state index in [2.05, 4.69) is 28.6 Å². The summed E-state index contributed by atoms with van der Waals surface area (Å²) < 4.78 is 33.8. The summed E-state index contributed by atoms with van der Waals surface area (Å²) >= 11 is 0. The maximum atomic E-state index is 14.4. The van der Waals surface area contributed by atoms with E-state index in [1.54, 1.807) is 24.3 Å². The van der Waals surface area contributed by atoms with Crippen LogP contribution in [-0.2, 0) is 11.2 Å². The summed E-state index contributed by atoms with van der Waals surface area (Å²) in [4.78, 5) is 8.72. The van der Waals surface area contributed by atoms with Gasteiger partial charge in [0.05, 0.1) is 18.9 Å². The Labute approximate surface area is 188 Å². The summed E-state index contributed by atoms with van der Waals surface area (Å²) in [5, 5.41) is 3.02. The summed E-state index contributed by atoms with van der Waals surface area (Å²) in [5.41, 5.74) is 2.95. The van der Waals surface area contributed by atoms with Crippen molar-refractivity contribution in [3.05, 3.63) is 90.1 Å². The van der Waals surface area contributed by atoms with E-state index in [4.69, 9.17) is 4.74 Å². The molecule has 0 aliphatic heterocycles. The predicted octanol–water partition coefficient (Wildman–Crippen LogP) is 5.83. The lowest BCUT2D eigenvalue weighted by Gasteiger charge is -2.12. The predicted molar refractivity (Wildman–Crippen MR) is 130 cm³/mol. The lowest BCUT2D eigenvalue weighted by molar-refractivity contribution is 0.140. The Morgan fingerprint density at radius 2 is 2.00 bits per heavy atom. The van der Waals surface area contributed by atoms with Crippen LogP contribution in [0, 0.1) is 11.6 Å². The van der Waals surface area contributed by atoms with Gasteiger partial charge in [-0.3, -0.25) is 0 Å². The van der Waals surface area contributed by atoms with Crippen LogP contribution in [0.15, 0.2) is 82.8 Å². The number of rotatable bonds is 11. The summed E-state index contributed by atoms with van der Waals surface area (Å²) in [6.45, 7) is 11.1. The normalized spacial score (nSPS) is 12.4. The van der Waals surface area contributed by atoms with Crippen LogP contribution in [0.1, 0.15) is 12.5 Å². The van der Waals surface area contributed by atoms with Crippen molar-refractivity contribution in [3.8, 4) is 11.1 Å². The molecule has 0 saturated carbocycles. The van der Waals surface area contributed by atoms with Gasteiger partial charge in [0.15, 0.2) is 17.5 Å². The van der Waals surface area contributed by atoms with Gasteiger partial charge in [0.1, 0.15) is 0 Å². The van der Waals surface area contributed by atoms with Gasteiger partial charge in [-0.25, -0.2) is 18.8 Å². The molecule has 0 atom stereocenters. The molecule has 0 aliphatic carbocycles. The number of likely N-dealkylation sites (N-methyl/N-ethyl adjacent to an activating group) is 1. The monoisotopic (exact) mass is 437 g/mol. The molecule has 6 heteroatoms. The van der Waals surface area contributed by atoms with E-state index < -0.39 is 11.6 Å². The lowest BCUT2D eigenvalue weighted by Crippen LogP contribution is -2.15. The first-order valence-electron chi connectivity index (χ1n) is 10.4. The molecule has 0 aromatic heterocycles. The van der Waals surface area contributed by atoms with E-state index in [9.17, 15) is 8.78 Å². The maximum absolute atomic E-state index is 14.4. The van der Waals surface area contributed by atoms with Gasteiger partial charge >= 0.3 is 0 Å². The molecule has 32 heavy (non-hydrogen) atoms. The largest absolute Gasteiger partial charge is 0.380 e. The van der Waals surface area contributed by atoms with Gasteiger partial charge in [-0.2, -0.15) is 0 Å². The quantitative estimate of drug-likeness (QED) is 0.208. The Morgan fingerprint density at radius 1 is 1.19 bits per heavy atom. The average molecular weight is 438 g/mol. The van der Waals surface area contributed by atoms with Crippen molar-refractivity contribution < 1.29 is 13.5 Å². The first kappa shape index (κ1) is 25.0. The van der Waals surface area contributed by atoms with Crippen molar-refractivity contribution in [2.45, 2.75) is 13.3 Å². The number of amidine groups is 1. The fourth-order valence-corrected chi connectivity index (χ4v) is 2.99. The standard InChI is InChI=1S/C26H29F2N3O/c1-5-7-9-19(6-2)26(30-4)31-24-13-12-20(22-10-8-11-23(27)25(22)28)18-21(24)14-16-32-17-15-29-3/h5-13,18,29H,2,4,14-17H2,1,3H3/b7-5-,19-9+,31-26?. The van der Waals surface area contributed by atoms with Crippen LogP contribution in [-0.4, -0.2) is 39.4 Å². The topological polar surface area (TPSA) is 46.0 Å². The number of nitrogens with zero attached hydrogens (tertiary/aromatic N) is 2. The molecule has 0 heterocycles. The van der Waals surface area contributed by atoms with Crippen LogP contribution in [0.2, 0.25) is 0 Å². The number of hydrogen-bond donors (Lipinski definition) is 1. The van der Waals surface area contributed by atoms with Crippen molar-refractivity contribution in [2.75, 3.05) is 26.8 Å². The molecule has 0 amide bonds. The van der Waals surface area contributed by atoms with E-state index in [0.29, 0.717) is 36.7 Å². The van der Waals surface area contributed by atoms with Gasteiger partial charge in [0.25, 0.3) is 0 Å². The summed E-state index contributed by atoms with van der Waals surface area (Å²) in [7, 11) is 1.86. The first-order chi connectivity index (χ1) is 15.5. The molecule has 0 saturated heterocycles. The van der Waals surface area contributed by atoms with Crippen LogP contribution in [0.5, 0.6) is 0 Å². The molecule has 168 valence electrons. The van der Waals surface area contributed by atoms with Crippen LogP contribution in [0.25, 0.3) is 11.1 Å². The Balaban J connectivity index is 2.49. The van der Waals surface area contributed by atoms with Crippen LogP contribution < -0.4 is 5.32 Å². The van der Waals surface area contributed by atoms with Gasteiger partial charge in [-0.15, -0.1) is 0 Å². The minimum atomic E-state index is -0.885. The fraction of sp³-hybridized carbons (Fsp3) is 0.231. The van der Waals surface area contributed by atoms with Crippen molar-refractivity contribution in [1.29, 1.82) is 0 Å². The molecule has 2 aromatic carbocycles. The second-order valence-electron chi connectivity index (χ2n) is 6.86. The van der Waals surface area contributed by atoms with Gasteiger partial charge < -0.3 is 10.1 Å². The summed E-state index contributed by atoms with van der Waals surface area (Å²) in [5.74, 6) is -1.35. The van der Waals surface area contributed by atoms with Gasteiger partial charge in [-0.1, -0.05) is 49.1 Å². The van der Waals surface area contributed by atoms with Crippen molar-refractivity contribution in [3.63, 3.8) is 0 Å². The number of ether oxygens (including phenoxy) is 1. The van der Waals surface area contributed by atoms with Crippen LogP contribution in [0.4, 0.5) is 14.5 Å². The molecule has 0 fully saturated rings. The third kappa shape index (κ3) is 6.90. The highest BCUT2D eigenvalue weighted by molar-refractivity contribution is 6.04. The van der Waals surface area contributed by atoms with Crippen LogP contribution >= 0.6 is 0 Å². The zero-order chi connectivity index (χ0) is 23.3. The molecule has 4 nitrogen and oxygen atoms in total. The zero-order valence-electron chi connectivity index (χ0n) is 18.6. The number of allylic oxidation sites excluding steroid dienone is 3. The molecule has 2 rings (SSSR count). The SMILES string of the molecule is C=C/C(=C\C=C/C)C(N=C)=Nc1ccc(-c2cccc(F)c2F)cc1CCOCCNC. The minimum Gasteiger partial charge on any atom is -0.380 e. The Morgan fingerprint density at radius 3 is 2.69 bits per heavy atom. The molecule has 1 N–H and O–H groups in total. The Bertz CT molecular complexity index is 1030. The van der Waals surface area contributed by atoms with E-state index in [0.717, 1.165) is 23.7 Å². The molecular formula is C26H29F2N3O. The highest BCUT2D eigenvalue weighted by atomic mass is 19.2. The number of aliphatic imine (C=N–C) groups is 2. The summed E-state index contributed by atoms with van der Waals surface area (Å²) in [6.07, 6.45) is 7.80. The number of hydrogen-bond acceptors (Lipinski definition) is 3. The highest BCUT2D eigenvalue weighted by Crippen LogP contribution is 2.30. The Kier molecular flexibility index (Phi) is 10.4. The number of halogens is 2. The van der Waals surface area contributed by atoms with E-state index in [1.165, 1.54) is 6.07 Å². The third-order valence-corrected chi connectivity index (χ3v) is 4.68. The van der Waals surface area contributed by atoms with E-state index in [1.807, 2.05) is 38.3 Å². The maximum Gasteiger partial charge on any atom is 0.166 e. The molecule has 0 unspecified atom stereocenters. The molecular weight excluding hydrogens is 408 g/mol. The first-order valence-corrected chi connectivity index (χ1v) is 10.4. The average Bonchev–Trinajstić information content (AvgIpc) is 2.81. The van der Waals surface area contributed by atoms with Crippen molar-refractivity contribution in [1.82, 2.24) is 5.32 Å². The van der Waals surface area contributed by atoms with Crippen LogP contribution in [0.3, 0.4) is 0 Å². The molecule has 0 radical (unpaired) electrons.